The number of carbonyl (C=O) groups is 1. The minimum absolute atomic E-state index is 0.0533. The van der Waals surface area contributed by atoms with Crippen molar-refractivity contribution >= 4 is 5.91 Å². The van der Waals surface area contributed by atoms with Gasteiger partial charge in [0, 0.05) is 19.6 Å². The van der Waals surface area contributed by atoms with E-state index in [1.54, 1.807) is 12.1 Å². The van der Waals surface area contributed by atoms with Gasteiger partial charge in [-0.2, -0.15) is 0 Å². The minimum Gasteiger partial charge on any atom is -0.354 e. The van der Waals surface area contributed by atoms with E-state index in [1.165, 1.54) is 12.1 Å². The van der Waals surface area contributed by atoms with E-state index in [1.807, 2.05) is 19.0 Å². The number of carbonyl (C=O) groups excluding carboxylic acids is 1. The van der Waals surface area contributed by atoms with Crippen LogP contribution >= 0.6 is 0 Å². The molecule has 2 rings (SSSR count). The van der Waals surface area contributed by atoms with Crippen LogP contribution in [-0.2, 0) is 4.79 Å². The Morgan fingerprint density at radius 1 is 1.42 bits per heavy atom. The third-order valence-corrected chi connectivity index (χ3v) is 3.50. The molecule has 4 nitrogen and oxygen atoms in total. The Bertz CT molecular complexity index is 429. The van der Waals surface area contributed by atoms with Gasteiger partial charge in [-0.1, -0.05) is 12.1 Å². The number of hydrogen-bond donors (Lipinski definition) is 2. The number of rotatable bonds is 5. The minimum atomic E-state index is -0.245. The number of benzene rings is 1. The standard InChI is InChI=1S/C14H20FN3O/c1-18(2)13(10-3-5-12(15)6-4-10)9-17-14(19)11-7-16-8-11/h3-6,11,13,16H,7-9H2,1-2H3,(H,17,19)/t13-/m0/s1. The van der Waals surface area contributed by atoms with Gasteiger partial charge in [-0.3, -0.25) is 4.79 Å². The number of likely N-dealkylation sites (N-methyl/N-ethyl adjacent to an activating group) is 1. The zero-order valence-electron chi connectivity index (χ0n) is 11.3. The summed E-state index contributed by atoms with van der Waals surface area (Å²) >= 11 is 0. The van der Waals surface area contributed by atoms with Crippen molar-refractivity contribution in [1.29, 1.82) is 0 Å². The maximum atomic E-state index is 12.9. The Hall–Kier alpha value is -1.46. The summed E-state index contributed by atoms with van der Waals surface area (Å²) in [7, 11) is 3.90. The largest absolute Gasteiger partial charge is 0.354 e. The van der Waals surface area contributed by atoms with Crippen LogP contribution in [0.25, 0.3) is 0 Å². The predicted molar refractivity (Wildman–Crippen MR) is 72.2 cm³/mol. The summed E-state index contributed by atoms with van der Waals surface area (Å²) in [4.78, 5) is 13.8. The lowest BCUT2D eigenvalue weighted by molar-refractivity contribution is -0.126. The molecule has 0 bridgehead atoms. The van der Waals surface area contributed by atoms with Crippen LogP contribution in [0.4, 0.5) is 4.39 Å². The van der Waals surface area contributed by atoms with E-state index in [0.29, 0.717) is 6.54 Å². The van der Waals surface area contributed by atoms with Crippen LogP contribution in [0.15, 0.2) is 24.3 Å². The SMILES string of the molecule is CN(C)[C@@H](CNC(=O)C1CNC1)c1ccc(F)cc1. The molecule has 1 aromatic carbocycles. The summed E-state index contributed by atoms with van der Waals surface area (Å²) in [6, 6.07) is 6.47. The first-order chi connectivity index (χ1) is 9.08. The molecule has 1 fully saturated rings. The van der Waals surface area contributed by atoms with Crippen molar-refractivity contribution in [3.05, 3.63) is 35.6 Å². The van der Waals surface area contributed by atoms with Crippen LogP contribution in [0, 0.1) is 11.7 Å². The summed E-state index contributed by atoms with van der Waals surface area (Å²) in [5.41, 5.74) is 0.999. The molecule has 5 heteroatoms. The van der Waals surface area contributed by atoms with Crippen molar-refractivity contribution in [2.75, 3.05) is 33.7 Å². The number of nitrogens with zero attached hydrogens (tertiary/aromatic N) is 1. The summed E-state index contributed by atoms with van der Waals surface area (Å²) in [5.74, 6) is -0.0606. The topological polar surface area (TPSA) is 44.4 Å². The maximum Gasteiger partial charge on any atom is 0.225 e. The molecule has 1 aromatic rings. The molecule has 19 heavy (non-hydrogen) atoms. The number of hydrogen-bond acceptors (Lipinski definition) is 3. The van der Waals surface area contributed by atoms with Gasteiger partial charge >= 0.3 is 0 Å². The first-order valence-corrected chi connectivity index (χ1v) is 6.48. The molecule has 2 N–H and O–H groups in total. The quantitative estimate of drug-likeness (QED) is 0.826. The molecule has 0 aromatic heterocycles. The molecule has 0 unspecified atom stereocenters. The van der Waals surface area contributed by atoms with Crippen molar-refractivity contribution in [2.24, 2.45) is 5.92 Å². The van der Waals surface area contributed by atoms with Gasteiger partial charge in [0.1, 0.15) is 5.82 Å². The fourth-order valence-corrected chi connectivity index (χ4v) is 2.10. The normalized spacial score (nSPS) is 17.1. The van der Waals surface area contributed by atoms with Crippen LogP contribution in [0.1, 0.15) is 11.6 Å². The average Bonchev–Trinajstić information content (AvgIpc) is 2.29. The molecule has 104 valence electrons. The van der Waals surface area contributed by atoms with Crippen molar-refractivity contribution < 1.29 is 9.18 Å². The lowest BCUT2D eigenvalue weighted by Gasteiger charge is -2.29. The smallest absolute Gasteiger partial charge is 0.225 e. The van der Waals surface area contributed by atoms with Crippen molar-refractivity contribution in [3.63, 3.8) is 0 Å². The highest BCUT2D eigenvalue weighted by Crippen LogP contribution is 2.18. The lowest BCUT2D eigenvalue weighted by Crippen LogP contribution is -2.51. The van der Waals surface area contributed by atoms with E-state index in [2.05, 4.69) is 10.6 Å². The highest BCUT2D eigenvalue weighted by atomic mass is 19.1. The van der Waals surface area contributed by atoms with E-state index in [9.17, 15) is 9.18 Å². The molecule has 1 saturated heterocycles. The molecule has 1 amide bonds. The Kier molecular flexibility index (Phi) is 4.50. The molecule has 1 atom stereocenters. The second-order valence-electron chi connectivity index (χ2n) is 5.13. The van der Waals surface area contributed by atoms with Gasteiger partial charge in [-0.05, 0) is 31.8 Å². The number of halogens is 1. The third kappa shape index (κ3) is 3.52. The van der Waals surface area contributed by atoms with Crippen molar-refractivity contribution in [3.8, 4) is 0 Å². The second-order valence-corrected chi connectivity index (χ2v) is 5.13. The Morgan fingerprint density at radius 2 is 2.05 bits per heavy atom. The van der Waals surface area contributed by atoms with E-state index < -0.39 is 0 Å². The number of amides is 1. The molecule has 1 heterocycles. The summed E-state index contributed by atoms with van der Waals surface area (Å²) in [6.07, 6.45) is 0. The summed E-state index contributed by atoms with van der Waals surface area (Å²) in [5, 5.41) is 6.04. The predicted octanol–water partition coefficient (Wildman–Crippen LogP) is 0.764. The van der Waals surface area contributed by atoms with Crippen LogP contribution in [0.3, 0.4) is 0 Å². The molecule has 0 spiro atoms. The zero-order chi connectivity index (χ0) is 13.8. The van der Waals surface area contributed by atoms with Crippen molar-refractivity contribution in [2.45, 2.75) is 6.04 Å². The molecular formula is C14H20FN3O. The fraction of sp³-hybridized carbons (Fsp3) is 0.500. The Balaban J connectivity index is 1.95. The highest BCUT2D eigenvalue weighted by molar-refractivity contribution is 5.80. The monoisotopic (exact) mass is 265 g/mol. The van der Waals surface area contributed by atoms with E-state index >= 15 is 0 Å². The van der Waals surface area contributed by atoms with Crippen LogP contribution < -0.4 is 10.6 Å². The fourth-order valence-electron chi connectivity index (χ4n) is 2.10. The maximum absolute atomic E-state index is 12.9. The van der Waals surface area contributed by atoms with Crippen LogP contribution in [-0.4, -0.2) is 44.5 Å². The highest BCUT2D eigenvalue weighted by Gasteiger charge is 2.25. The summed E-state index contributed by atoms with van der Waals surface area (Å²) < 4.78 is 12.9. The van der Waals surface area contributed by atoms with Crippen LogP contribution in [0.2, 0.25) is 0 Å². The van der Waals surface area contributed by atoms with Gasteiger partial charge < -0.3 is 15.5 Å². The Labute approximate surface area is 113 Å². The molecule has 1 aliphatic rings. The van der Waals surface area contributed by atoms with Gasteiger partial charge in [-0.25, -0.2) is 4.39 Å². The van der Waals surface area contributed by atoms with Gasteiger partial charge in [0.05, 0.1) is 12.0 Å². The lowest BCUT2D eigenvalue weighted by atomic mass is 10.0. The van der Waals surface area contributed by atoms with E-state index in [4.69, 9.17) is 0 Å². The summed E-state index contributed by atoms with van der Waals surface area (Å²) in [6.45, 7) is 2.05. The van der Waals surface area contributed by atoms with Gasteiger partial charge in [0.2, 0.25) is 5.91 Å². The van der Waals surface area contributed by atoms with Crippen LogP contribution in [0.5, 0.6) is 0 Å². The molecule has 0 aliphatic carbocycles. The first kappa shape index (κ1) is 14.0. The average molecular weight is 265 g/mol. The second kappa shape index (κ2) is 6.12. The third-order valence-electron chi connectivity index (χ3n) is 3.50. The van der Waals surface area contributed by atoms with Crippen molar-refractivity contribution in [1.82, 2.24) is 15.5 Å². The van der Waals surface area contributed by atoms with E-state index in [-0.39, 0.29) is 23.7 Å². The zero-order valence-corrected chi connectivity index (χ0v) is 11.3. The number of nitrogens with one attached hydrogen (secondary N) is 2. The molecular weight excluding hydrogens is 245 g/mol. The van der Waals surface area contributed by atoms with Gasteiger partial charge in [-0.15, -0.1) is 0 Å². The van der Waals surface area contributed by atoms with Gasteiger partial charge in [0.15, 0.2) is 0 Å². The molecule has 0 saturated carbocycles. The first-order valence-electron chi connectivity index (χ1n) is 6.48. The molecule has 0 radical (unpaired) electrons. The molecule has 1 aliphatic heterocycles. The van der Waals surface area contributed by atoms with Gasteiger partial charge in [0.25, 0.3) is 0 Å². The Morgan fingerprint density at radius 3 is 2.53 bits per heavy atom. The van der Waals surface area contributed by atoms with E-state index in [0.717, 1.165) is 18.7 Å².